The molecule has 8 heteroatoms. The highest BCUT2D eigenvalue weighted by Gasteiger charge is 2.38. The zero-order valence-electron chi connectivity index (χ0n) is 15.1. The molecule has 2 aromatic carbocycles. The van der Waals surface area contributed by atoms with Gasteiger partial charge in [0.2, 0.25) is 0 Å². The zero-order valence-corrected chi connectivity index (χ0v) is 18.2. The standard InChI is InChI=1S/C19H18Br2N4O2/c1-4-25-15-8-14-13(7-10(15)19(2,3)27-18(25)26)23-17(24-14)9-5-11(20)16(22)12(21)6-9/h5-8H,4,22H2,1-3H3,(H,23,24). The molecule has 1 aliphatic rings. The number of carbonyl (C=O) groups is 1. The Morgan fingerprint density at radius 2 is 1.89 bits per heavy atom. The summed E-state index contributed by atoms with van der Waals surface area (Å²) in [5.41, 5.74) is 10.3. The SMILES string of the molecule is CCN1C(=O)OC(C)(C)c2cc3[nH]c(-c4cc(Br)c(N)c(Br)c4)nc3cc21. The van der Waals surface area contributed by atoms with Gasteiger partial charge >= 0.3 is 6.09 Å². The first kappa shape index (κ1) is 18.3. The summed E-state index contributed by atoms with van der Waals surface area (Å²) in [6.07, 6.45) is -0.337. The first-order valence-corrected chi connectivity index (χ1v) is 10.1. The van der Waals surface area contributed by atoms with E-state index in [0.29, 0.717) is 12.2 Å². The smallest absolute Gasteiger partial charge is 0.415 e. The lowest BCUT2D eigenvalue weighted by Gasteiger charge is -2.38. The number of fused-ring (bicyclic) bond motifs is 2. The summed E-state index contributed by atoms with van der Waals surface area (Å²) in [7, 11) is 0. The molecule has 1 aliphatic heterocycles. The van der Waals surface area contributed by atoms with Crippen molar-refractivity contribution in [2.24, 2.45) is 0 Å². The Morgan fingerprint density at radius 1 is 1.22 bits per heavy atom. The number of anilines is 2. The first-order valence-electron chi connectivity index (χ1n) is 8.51. The van der Waals surface area contributed by atoms with Crippen molar-refractivity contribution in [2.75, 3.05) is 17.2 Å². The van der Waals surface area contributed by atoms with Crippen LogP contribution in [0.3, 0.4) is 0 Å². The van der Waals surface area contributed by atoms with E-state index in [1.54, 1.807) is 4.90 Å². The van der Waals surface area contributed by atoms with E-state index in [4.69, 9.17) is 15.5 Å². The third-order valence-electron chi connectivity index (χ3n) is 4.77. The molecule has 0 spiro atoms. The molecule has 6 nitrogen and oxygen atoms in total. The fraction of sp³-hybridized carbons (Fsp3) is 0.263. The van der Waals surface area contributed by atoms with E-state index in [-0.39, 0.29) is 6.09 Å². The number of hydrogen-bond acceptors (Lipinski definition) is 4. The maximum atomic E-state index is 12.3. The number of H-pyrrole nitrogens is 1. The number of nitrogen functional groups attached to an aromatic ring is 1. The Hall–Kier alpha value is -2.06. The van der Waals surface area contributed by atoms with Crippen LogP contribution in [0.15, 0.2) is 33.2 Å². The van der Waals surface area contributed by atoms with E-state index in [2.05, 4.69) is 36.8 Å². The Morgan fingerprint density at radius 3 is 2.52 bits per heavy atom. The lowest BCUT2D eigenvalue weighted by Crippen LogP contribution is -2.43. The van der Waals surface area contributed by atoms with Crippen LogP contribution in [0, 0.1) is 0 Å². The van der Waals surface area contributed by atoms with Crippen LogP contribution in [-0.4, -0.2) is 22.6 Å². The number of hydrogen-bond donors (Lipinski definition) is 2. The van der Waals surface area contributed by atoms with Crippen LogP contribution in [0.1, 0.15) is 26.3 Å². The Balaban J connectivity index is 1.91. The van der Waals surface area contributed by atoms with Crippen molar-refractivity contribution in [3.63, 3.8) is 0 Å². The molecule has 3 aromatic rings. The van der Waals surface area contributed by atoms with Crippen LogP contribution < -0.4 is 10.6 Å². The molecular formula is C19H18Br2N4O2. The molecule has 0 atom stereocenters. The third-order valence-corrected chi connectivity index (χ3v) is 6.08. The molecule has 0 saturated carbocycles. The number of benzene rings is 2. The van der Waals surface area contributed by atoms with Crippen molar-refractivity contribution in [3.8, 4) is 11.4 Å². The average Bonchev–Trinajstić information content (AvgIpc) is 3.01. The van der Waals surface area contributed by atoms with E-state index in [9.17, 15) is 4.79 Å². The van der Waals surface area contributed by atoms with Crippen LogP contribution in [0.25, 0.3) is 22.4 Å². The van der Waals surface area contributed by atoms with Gasteiger partial charge in [-0.3, -0.25) is 4.90 Å². The molecule has 1 aromatic heterocycles. The maximum absolute atomic E-state index is 12.3. The summed E-state index contributed by atoms with van der Waals surface area (Å²) >= 11 is 6.95. The van der Waals surface area contributed by atoms with E-state index >= 15 is 0 Å². The molecule has 4 rings (SSSR count). The fourth-order valence-electron chi connectivity index (χ4n) is 3.34. The third kappa shape index (κ3) is 2.91. The monoisotopic (exact) mass is 492 g/mol. The average molecular weight is 494 g/mol. The molecule has 140 valence electrons. The minimum atomic E-state index is -0.704. The van der Waals surface area contributed by atoms with Crippen molar-refractivity contribution < 1.29 is 9.53 Å². The predicted molar refractivity (Wildman–Crippen MR) is 114 cm³/mol. The van der Waals surface area contributed by atoms with Crippen molar-refractivity contribution in [3.05, 3.63) is 38.8 Å². The van der Waals surface area contributed by atoms with E-state index in [0.717, 1.165) is 42.6 Å². The van der Waals surface area contributed by atoms with Gasteiger partial charge in [-0.25, -0.2) is 9.78 Å². The Bertz CT molecular complexity index is 1070. The summed E-state index contributed by atoms with van der Waals surface area (Å²) in [6.45, 7) is 6.25. The summed E-state index contributed by atoms with van der Waals surface area (Å²) in [5, 5.41) is 0. The number of imidazole rings is 1. The number of rotatable bonds is 2. The van der Waals surface area contributed by atoms with Gasteiger partial charge in [0.05, 0.1) is 22.4 Å². The zero-order chi connectivity index (χ0) is 19.5. The number of amides is 1. The van der Waals surface area contributed by atoms with Crippen molar-refractivity contribution in [1.29, 1.82) is 0 Å². The number of ether oxygens (including phenoxy) is 1. The topological polar surface area (TPSA) is 84.2 Å². The van der Waals surface area contributed by atoms with Gasteiger partial charge in [-0.05, 0) is 76.9 Å². The van der Waals surface area contributed by atoms with Crippen molar-refractivity contribution >= 4 is 60.4 Å². The van der Waals surface area contributed by atoms with Gasteiger partial charge in [0.25, 0.3) is 0 Å². The maximum Gasteiger partial charge on any atom is 0.415 e. The van der Waals surface area contributed by atoms with Gasteiger partial charge in [0.15, 0.2) is 0 Å². The van der Waals surface area contributed by atoms with Crippen LogP contribution >= 0.6 is 31.9 Å². The van der Waals surface area contributed by atoms with E-state index < -0.39 is 5.60 Å². The van der Waals surface area contributed by atoms with Gasteiger partial charge in [-0.2, -0.15) is 0 Å². The van der Waals surface area contributed by atoms with Gasteiger partial charge in [-0.1, -0.05) is 0 Å². The van der Waals surface area contributed by atoms with Gasteiger partial charge in [0.1, 0.15) is 11.4 Å². The number of nitrogens with one attached hydrogen (secondary N) is 1. The Labute approximate surface area is 173 Å². The number of aromatic amines is 1. The number of cyclic esters (lactones) is 1. The lowest BCUT2D eigenvalue weighted by molar-refractivity contribution is 0.0354. The number of nitrogens with zero attached hydrogens (tertiary/aromatic N) is 2. The summed E-state index contributed by atoms with van der Waals surface area (Å²) in [5.74, 6) is 0.724. The molecule has 0 bridgehead atoms. The molecule has 27 heavy (non-hydrogen) atoms. The van der Waals surface area contributed by atoms with E-state index in [1.807, 2.05) is 45.0 Å². The highest BCUT2D eigenvalue weighted by molar-refractivity contribution is 9.11. The summed E-state index contributed by atoms with van der Waals surface area (Å²) < 4.78 is 7.21. The van der Waals surface area contributed by atoms with Crippen molar-refractivity contribution in [1.82, 2.24) is 9.97 Å². The minimum Gasteiger partial charge on any atom is -0.438 e. The molecule has 0 fully saturated rings. The normalized spacial score (nSPS) is 15.7. The minimum absolute atomic E-state index is 0.337. The highest BCUT2D eigenvalue weighted by Crippen LogP contribution is 2.41. The number of carbonyl (C=O) groups excluding carboxylic acids is 1. The Kier molecular flexibility index (Phi) is 4.23. The number of nitrogens with two attached hydrogens (primary N) is 1. The van der Waals surface area contributed by atoms with Gasteiger partial charge < -0.3 is 15.5 Å². The number of aromatic nitrogens is 2. The highest BCUT2D eigenvalue weighted by atomic mass is 79.9. The molecule has 0 saturated heterocycles. The molecular weight excluding hydrogens is 476 g/mol. The second-order valence-corrected chi connectivity index (χ2v) is 8.66. The second-order valence-electron chi connectivity index (χ2n) is 6.95. The van der Waals surface area contributed by atoms with Crippen LogP contribution in [-0.2, 0) is 10.3 Å². The molecule has 2 heterocycles. The fourth-order valence-corrected chi connectivity index (χ4v) is 4.52. The van der Waals surface area contributed by atoms with Crippen LogP contribution in [0.5, 0.6) is 0 Å². The van der Waals surface area contributed by atoms with E-state index in [1.165, 1.54) is 0 Å². The van der Waals surface area contributed by atoms with Crippen LogP contribution in [0.2, 0.25) is 0 Å². The van der Waals surface area contributed by atoms with Gasteiger partial charge in [0, 0.05) is 26.6 Å². The predicted octanol–water partition coefficient (Wildman–Crippen LogP) is 5.55. The lowest BCUT2D eigenvalue weighted by atomic mass is 9.93. The van der Waals surface area contributed by atoms with Crippen LogP contribution in [0.4, 0.5) is 16.2 Å². The van der Waals surface area contributed by atoms with Crippen molar-refractivity contribution in [2.45, 2.75) is 26.4 Å². The molecule has 0 radical (unpaired) electrons. The molecule has 1 amide bonds. The molecule has 0 unspecified atom stereocenters. The summed E-state index contributed by atoms with van der Waals surface area (Å²) in [4.78, 5) is 22.0. The second kappa shape index (κ2) is 6.24. The summed E-state index contributed by atoms with van der Waals surface area (Å²) in [6, 6.07) is 7.80. The largest absolute Gasteiger partial charge is 0.438 e. The quantitative estimate of drug-likeness (QED) is 0.458. The molecule has 0 aliphatic carbocycles. The van der Waals surface area contributed by atoms with Gasteiger partial charge in [-0.15, -0.1) is 0 Å². The molecule has 3 N–H and O–H groups in total. The number of halogens is 2. The first-order chi connectivity index (χ1) is 12.7.